The third-order valence-corrected chi connectivity index (χ3v) is 4.77. The van der Waals surface area contributed by atoms with Crippen LogP contribution < -0.4 is 15.0 Å². The average Bonchev–Trinajstić information content (AvgIpc) is 2.61. The van der Waals surface area contributed by atoms with Gasteiger partial charge in [-0.05, 0) is 64.0 Å². The fourth-order valence-electron chi connectivity index (χ4n) is 3.18. The number of aryl methyl sites for hydroxylation is 1. The number of rotatable bonds is 9. The van der Waals surface area contributed by atoms with E-state index < -0.39 is 0 Å². The first-order valence-corrected chi connectivity index (χ1v) is 9.50. The Morgan fingerprint density at radius 3 is 2.77 bits per heavy atom. The van der Waals surface area contributed by atoms with Crippen molar-refractivity contribution in [2.75, 3.05) is 37.7 Å². The van der Waals surface area contributed by atoms with Gasteiger partial charge in [-0.3, -0.25) is 14.5 Å². The van der Waals surface area contributed by atoms with Gasteiger partial charge < -0.3 is 15.0 Å². The van der Waals surface area contributed by atoms with Crippen molar-refractivity contribution in [3.8, 4) is 5.75 Å². The number of nitrogens with one attached hydrogen (secondary N) is 1. The van der Waals surface area contributed by atoms with Crippen molar-refractivity contribution in [2.45, 2.75) is 46.6 Å². The number of nitrogens with zero attached hydrogens (tertiary/aromatic N) is 2. The van der Waals surface area contributed by atoms with E-state index >= 15 is 0 Å². The van der Waals surface area contributed by atoms with Crippen LogP contribution in [0.3, 0.4) is 0 Å². The van der Waals surface area contributed by atoms with E-state index in [0.717, 1.165) is 38.0 Å². The van der Waals surface area contributed by atoms with Gasteiger partial charge in [0.1, 0.15) is 12.3 Å². The standard InChI is InChI=1S/C20H31N3O3/c1-5-22(6-2)11-7-8-16(4)21-19(24)13-23-17-12-15(3)9-10-18(17)26-14-20(23)25/h9-10,12,16H,5-8,11,13-14H2,1-4H3,(H,21,24)/t16-/m1/s1. The smallest absolute Gasteiger partial charge is 0.265 e. The second kappa shape index (κ2) is 9.57. The van der Waals surface area contributed by atoms with Gasteiger partial charge in [0.15, 0.2) is 6.61 Å². The molecule has 1 aliphatic heterocycles. The molecule has 1 heterocycles. The molecule has 0 aromatic heterocycles. The normalized spacial score (nSPS) is 14.8. The summed E-state index contributed by atoms with van der Waals surface area (Å²) >= 11 is 0. The van der Waals surface area contributed by atoms with Crippen LogP contribution in [0.5, 0.6) is 5.75 Å². The Labute approximate surface area is 156 Å². The lowest BCUT2D eigenvalue weighted by Crippen LogP contribution is -2.47. The molecule has 0 unspecified atom stereocenters. The summed E-state index contributed by atoms with van der Waals surface area (Å²) in [5.41, 5.74) is 1.70. The zero-order valence-corrected chi connectivity index (χ0v) is 16.4. The van der Waals surface area contributed by atoms with Crippen molar-refractivity contribution in [2.24, 2.45) is 0 Å². The molecule has 0 saturated carbocycles. The van der Waals surface area contributed by atoms with Crippen LogP contribution in [0.25, 0.3) is 0 Å². The van der Waals surface area contributed by atoms with Gasteiger partial charge in [0.25, 0.3) is 5.91 Å². The lowest BCUT2D eigenvalue weighted by atomic mass is 10.1. The number of ether oxygens (including phenoxy) is 1. The number of hydrogen-bond donors (Lipinski definition) is 1. The Hall–Kier alpha value is -2.08. The van der Waals surface area contributed by atoms with Gasteiger partial charge in [-0.2, -0.15) is 0 Å². The summed E-state index contributed by atoms with van der Waals surface area (Å²) < 4.78 is 5.45. The number of amides is 2. The summed E-state index contributed by atoms with van der Waals surface area (Å²) in [7, 11) is 0. The van der Waals surface area contributed by atoms with Crippen LogP contribution in [-0.4, -0.2) is 55.5 Å². The SMILES string of the molecule is CCN(CC)CCC[C@@H](C)NC(=O)CN1C(=O)COc2ccc(C)cc21. The first kappa shape index (κ1) is 20.2. The maximum absolute atomic E-state index is 12.4. The summed E-state index contributed by atoms with van der Waals surface area (Å²) in [5.74, 6) is 0.325. The number of anilines is 1. The molecule has 0 radical (unpaired) electrons. The minimum Gasteiger partial charge on any atom is -0.482 e. The van der Waals surface area contributed by atoms with E-state index in [2.05, 4.69) is 24.1 Å². The van der Waals surface area contributed by atoms with Crippen LogP contribution in [-0.2, 0) is 9.59 Å². The molecule has 1 atom stereocenters. The fraction of sp³-hybridized carbons (Fsp3) is 0.600. The second-order valence-corrected chi connectivity index (χ2v) is 6.88. The average molecular weight is 361 g/mol. The van der Waals surface area contributed by atoms with E-state index in [-0.39, 0.29) is 31.0 Å². The molecule has 1 N–H and O–H groups in total. The number of carbonyl (C=O) groups excluding carboxylic acids is 2. The molecule has 0 fully saturated rings. The van der Waals surface area contributed by atoms with E-state index in [1.165, 1.54) is 4.90 Å². The van der Waals surface area contributed by atoms with Crippen molar-refractivity contribution in [3.05, 3.63) is 23.8 Å². The first-order chi connectivity index (χ1) is 12.4. The van der Waals surface area contributed by atoms with Gasteiger partial charge in [-0.1, -0.05) is 19.9 Å². The van der Waals surface area contributed by atoms with E-state index in [9.17, 15) is 9.59 Å². The maximum atomic E-state index is 12.4. The van der Waals surface area contributed by atoms with Gasteiger partial charge in [-0.15, -0.1) is 0 Å². The first-order valence-electron chi connectivity index (χ1n) is 9.50. The van der Waals surface area contributed by atoms with Crippen molar-refractivity contribution >= 4 is 17.5 Å². The number of benzene rings is 1. The van der Waals surface area contributed by atoms with Crippen LogP contribution in [0.4, 0.5) is 5.69 Å². The van der Waals surface area contributed by atoms with Crippen molar-refractivity contribution in [3.63, 3.8) is 0 Å². The van der Waals surface area contributed by atoms with E-state index in [1.54, 1.807) is 0 Å². The Bertz CT molecular complexity index is 629. The van der Waals surface area contributed by atoms with E-state index in [1.807, 2.05) is 32.0 Å². The molecule has 1 aromatic rings. The highest BCUT2D eigenvalue weighted by atomic mass is 16.5. The quantitative estimate of drug-likeness (QED) is 0.733. The van der Waals surface area contributed by atoms with Crippen LogP contribution in [0, 0.1) is 6.92 Å². The molecule has 1 aliphatic rings. The minimum absolute atomic E-state index is 0.0250. The number of carbonyl (C=O) groups is 2. The Kier molecular flexibility index (Phi) is 7.45. The highest BCUT2D eigenvalue weighted by Crippen LogP contribution is 2.32. The largest absolute Gasteiger partial charge is 0.482 e. The topological polar surface area (TPSA) is 61.9 Å². The Morgan fingerprint density at radius 1 is 1.35 bits per heavy atom. The highest BCUT2D eigenvalue weighted by molar-refractivity contribution is 6.02. The van der Waals surface area contributed by atoms with E-state index in [4.69, 9.17) is 4.74 Å². The zero-order chi connectivity index (χ0) is 19.1. The van der Waals surface area contributed by atoms with Crippen molar-refractivity contribution in [1.29, 1.82) is 0 Å². The molecule has 0 spiro atoms. The molecule has 26 heavy (non-hydrogen) atoms. The van der Waals surface area contributed by atoms with Gasteiger partial charge in [0, 0.05) is 6.04 Å². The highest BCUT2D eigenvalue weighted by Gasteiger charge is 2.27. The summed E-state index contributed by atoms with van der Waals surface area (Å²) in [6.45, 7) is 11.4. The lowest BCUT2D eigenvalue weighted by molar-refractivity contribution is -0.125. The van der Waals surface area contributed by atoms with Gasteiger partial charge in [-0.25, -0.2) is 0 Å². The number of fused-ring (bicyclic) bond motifs is 1. The van der Waals surface area contributed by atoms with Crippen LogP contribution in [0.2, 0.25) is 0 Å². The van der Waals surface area contributed by atoms with Crippen molar-refractivity contribution < 1.29 is 14.3 Å². The van der Waals surface area contributed by atoms with Crippen LogP contribution in [0.15, 0.2) is 18.2 Å². The van der Waals surface area contributed by atoms with E-state index in [0.29, 0.717) is 11.4 Å². The molecule has 0 saturated heterocycles. The second-order valence-electron chi connectivity index (χ2n) is 6.88. The van der Waals surface area contributed by atoms with Crippen LogP contribution >= 0.6 is 0 Å². The summed E-state index contributed by atoms with van der Waals surface area (Å²) in [6.07, 6.45) is 1.97. The third kappa shape index (κ3) is 5.46. The monoisotopic (exact) mass is 361 g/mol. The summed E-state index contributed by atoms with van der Waals surface area (Å²) in [6, 6.07) is 5.75. The Morgan fingerprint density at radius 2 is 2.08 bits per heavy atom. The number of hydrogen-bond acceptors (Lipinski definition) is 4. The molecule has 144 valence electrons. The predicted octanol–water partition coefficient (Wildman–Crippen LogP) is 2.35. The molecule has 2 amide bonds. The summed E-state index contributed by atoms with van der Waals surface area (Å²) in [5, 5.41) is 3.01. The molecule has 0 bridgehead atoms. The summed E-state index contributed by atoms with van der Waals surface area (Å²) in [4.78, 5) is 28.5. The lowest BCUT2D eigenvalue weighted by Gasteiger charge is -2.29. The van der Waals surface area contributed by atoms with Crippen molar-refractivity contribution in [1.82, 2.24) is 10.2 Å². The predicted molar refractivity (Wildman–Crippen MR) is 104 cm³/mol. The Balaban J connectivity index is 1.87. The van der Waals surface area contributed by atoms with Gasteiger partial charge in [0.05, 0.1) is 5.69 Å². The maximum Gasteiger partial charge on any atom is 0.265 e. The third-order valence-electron chi connectivity index (χ3n) is 4.77. The molecular formula is C20H31N3O3. The molecule has 6 nitrogen and oxygen atoms in total. The van der Waals surface area contributed by atoms with Gasteiger partial charge >= 0.3 is 0 Å². The molecular weight excluding hydrogens is 330 g/mol. The van der Waals surface area contributed by atoms with Gasteiger partial charge in [0.2, 0.25) is 5.91 Å². The fourth-order valence-corrected chi connectivity index (χ4v) is 3.18. The molecule has 2 rings (SSSR count). The molecule has 0 aliphatic carbocycles. The van der Waals surface area contributed by atoms with Crippen LogP contribution in [0.1, 0.15) is 39.2 Å². The zero-order valence-electron chi connectivity index (χ0n) is 16.4. The molecule has 6 heteroatoms. The molecule has 1 aromatic carbocycles. The minimum atomic E-state index is -0.188.